The van der Waals surface area contributed by atoms with Gasteiger partial charge in [0.1, 0.15) is 5.82 Å². The quantitative estimate of drug-likeness (QED) is 0.857. The van der Waals surface area contributed by atoms with Gasteiger partial charge in [-0.2, -0.15) is 0 Å². The second-order valence-corrected chi connectivity index (χ2v) is 4.90. The van der Waals surface area contributed by atoms with Gasteiger partial charge in [-0.1, -0.05) is 44.2 Å². The number of halogens is 1. The van der Waals surface area contributed by atoms with Gasteiger partial charge in [0.05, 0.1) is 6.20 Å². The maximum atomic E-state index is 13.4. The fourth-order valence-corrected chi connectivity index (χ4v) is 2.67. The van der Waals surface area contributed by atoms with Crippen LogP contribution in [0.15, 0.2) is 48.8 Å². The molecule has 0 aliphatic carbocycles. The van der Waals surface area contributed by atoms with Gasteiger partial charge in [0.25, 0.3) is 0 Å². The Morgan fingerprint density at radius 1 is 1.10 bits per heavy atom. The fraction of sp³-hybridized carbons (Fsp3) is 0.353. The van der Waals surface area contributed by atoms with Gasteiger partial charge < -0.3 is 5.32 Å². The van der Waals surface area contributed by atoms with Crippen molar-refractivity contribution in [2.24, 2.45) is 0 Å². The van der Waals surface area contributed by atoms with Crippen molar-refractivity contribution in [1.82, 2.24) is 10.3 Å². The molecule has 1 aromatic heterocycles. The molecule has 1 heterocycles. The number of likely N-dealkylation sites (N-methyl/N-ethyl adjacent to an activating group) is 1. The molecule has 1 N–H and O–H groups in total. The van der Waals surface area contributed by atoms with E-state index in [1.807, 2.05) is 18.2 Å². The second kappa shape index (κ2) is 7.15. The zero-order valence-electron chi connectivity index (χ0n) is 12.0. The Kier molecular flexibility index (Phi) is 5.24. The molecule has 2 unspecified atom stereocenters. The number of nitrogens with one attached hydrogen (secondary N) is 1. The van der Waals surface area contributed by atoms with Crippen LogP contribution in [0.4, 0.5) is 4.39 Å². The van der Waals surface area contributed by atoms with Gasteiger partial charge >= 0.3 is 0 Å². The van der Waals surface area contributed by atoms with Gasteiger partial charge in [-0.25, -0.2) is 4.39 Å². The Morgan fingerprint density at radius 3 is 2.45 bits per heavy atom. The van der Waals surface area contributed by atoms with Crippen LogP contribution in [0.3, 0.4) is 0 Å². The van der Waals surface area contributed by atoms with E-state index in [0.717, 1.165) is 18.5 Å². The lowest BCUT2D eigenvalue weighted by Crippen LogP contribution is -2.27. The molecular weight excluding hydrogens is 251 g/mol. The van der Waals surface area contributed by atoms with E-state index in [9.17, 15) is 4.39 Å². The minimum atomic E-state index is -0.284. The van der Waals surface area contributed by atoms with Crippen molar-refractivity contribution in [3.05, 3.63) is 65.7 Å². The molecule has 2 aromatic rings. The maximum Gasteiger partial charge on any atom is 0.141 e. The number of benzene rings is 1. The van der Waals surface area contributed by atoms with Crippen LogP contribution >= 0.6 is 0 Å². The first-order valence-electron chi connectivity index (χ1n) is 7.15. The van der Waals surface area contributed by atoms with Crippen molar-refractivity contribution in [2.45, 2.75) is 32.2 Å². The molecule has 0 spiro atoms. The lowest BCUT2D eigenvalue weighted by molar-refractivity contribution is 0.442. The highest BCUT2D eigenvalue weighted by atomic mass is 19.1. The zero-order valence-corrected chi connectivity index (χ0v) is 12.0. The van der Waals surface area contributed by atoms with Crippen LogP contribution in [0.25, 0.3) is 0 Å². The summed E-state index contributed by atoms with van der Waals surface area (Å²) in [5, 5.41) is 3.47. The van der Waals surface area contributed by atoms with E-state index < -0.39 is 0 Å². The number of pyridine rings is 1. The number of hydrogen-bond acceptors (Lipinski definition) is 2. The van der Waals surface area contributed by atoms with Crippen LogP contribution in [0.1, 0.15) is 43.4 Å². The average molecular weight is 272 g/mol. The predicted octanol–water partition coefficient (Wildman–Crippen LogP) is 4.07. The summed E-state index contributed by atoms with van der Waals surface area (Å²) < 4.78 is 13.4. The molecule has 0 radical (unpaired) electrons. The molecular formula is C17H21FN2. The van der Waals surface area contributed by atoms with Gasteiger partial charge in [0, 0.05) is 18.2 Å². The molecule has 0 bridgehead atoms. The summed E-state index contributed by atoms with van der Waals surface area (Å²) in [6, 6.07) is 12.0. The summed E-state index contributed by atoms with van der Waals surface area (Å²) in [6.07, 6.45) is 3.98. The molecule has 0 fully saturated rings. The highest BCUT2D eigenvalue weighted by molar-refractivity contribution is 5.26. The Balaban J connectivity index is 2.35. The first kappa shape index (κ1) is 14.7. The molecule has 0 amide bonds. The smallest absolute Gasteiger partial charge is 0.141 e. The zero-order chi connectivity index (χ0) is 14.4. The summed E-state index contributed by atoms with van der Waals surface area (Å²) in [5.74, 6) is 0.0214. The van der Waals surface area contributed by atoms with Crippen LogP contribution < -0.4 is 5.32 Å². The van der Waals surface area contributed by atoms with Gasteiger partial charge in [-0.05, 0) is 30.2 Å². The van der Waals surface area contributed by atoms with Crippen LogP contribution in [-0.2, 0) is 0 Å². The van der Waals surface area contributed by atoms with Crippen LogP contribution in [0.2, 0.25) is 0 Å². The minimum absolute atomic E-state index is 0.0793. The molecule has 0 aliphatic rings. The van der Waals surface area contributed by atoms with Gasteiger partial charge in [-0.3, -0.25) is 4.98 Å². The molecule has 106 valence electrons. The van der Waals surface area contributed by atoms with Gasteiger partial charge in [0.2, 0.25) is 0 Å². The van der Waals surface area contributed by atoms with Crippen LogP contribution in [0.5, 0.6) is 0 Å². The SMILES string of the molecule is CCNC(c1cncc(F)c1)C(CC)c1ccccc1. The largest absolute Gasteiger partial charge is 0.310 e. The topological polar surface area (TPSA) is 24.9 Å². The molecule has 0 saturated carbocycles. The van der Waals surface area contributed by atoms with Crippen molar-refractivity contribution in [2.75, 3.05) is 6.54 Å². The van der Waals surface area contributed by atoms with Crippen molar-refractivity contribution in [3.63, 3.8) is 0 Å². The van der Waals surface area contributed by atoms with Crippen LogP contribution in [0, 0.1) is 5.82 Å². The summed E-state index contributed by atoms with van der Waals surface area (Å²) in [4.78, 5) is 3.98. The number of hydrogen-bond donors (Lipinski definition) is 1. The van der Waals surface area contributed by atoms with E-state index in [0.29, 0.717) is 5.92 Å². The second-order valence-electron chi connectivity index (χ2n) is 4.90. The summed E-state index contributed by atoms with van der Waals surface area (Å²) in [5.41, 5.74) is 2.17. The van der Waals surface area contributed by atoms with Crippen molar-refractivity contribution < 1.29 is 4.39 Å². The normalized spacial score (nSPS) is 13.9. The lowest BCUT2D eigenvalue weighted by atomic mass is 9.85. The van der Waals surface area contributed by atoms with E-state index in [-0.39, 0.29) is 11.9 Å². The standard InChI is InChI=1S/C17H21FN2/c1-3-16(13-8-6-5-7-9-13)17(20-4-2)14-10-15(18)12-19-11-14/h5-12,16-17,20H,3-4H2,1-2H3. The predicted molar refractivity (Wildman–Crippen MR) is 80.1 cm³/mol. The highest BCUT2D eigenvalue weighted by Gasteiger charge is 2.23. The minimum Gasteiger partial charge on any atom is -0.310 e. The molecule has 0 aliphatic heterocycles. The highest BCUT2D eigenvalue weighted by Crippen LogP contribution is 2.33. The van der Waals surface area contributed by atoms with Crippen LogP contribution in [-0.4, -0.2) is 11.5 Å². The van der Waals surface area contributed by atoms with Crippen molar-refractivity contribution in [3.8, 4) is 0 Å². The Labute approximate surface area is 120 Å². The molecule has 3 heteroatoms. The van der Waals surface area contributed by atoms with Gasteiger partial charge in [0.15, 0.2) is 0 Å². The molecule has 2 nitrogen and oxygen atoms in total. The summed E-state index contributed by atoms with van der Waals surface area (Å²) in [6.45, 7) is 5.07. The van der Waals surface area contributed by atoms with E-state index in [1.54, 1.807) is 12.3 Å². The molecule has 1 aromatic carbocycles. The van der Waals surface area contributed by atoms with E-state index in [1.165, 1.54) is 11.8 Å². The lowest BCUT2D eigenvalue weighted by Gasteiger charge is -2.27. The fourth-order valence-electron chi connectivity index (χ4n) is 2.67. The molecule has 20 heavy (non-hydrogen) atoms. The number of aromatic nitrogens is 1. The average Bonchev–Trinajstić information content (AvgIpc) is 2.48. The number of nitrogens with zero attached hydrogens (tertiary/aromatic N) is 1. The Bertz CT molecular complexity index is 528. The third-order valence-corrected chi connectivity index (χ3v) is 3.58. The van der Waals surface area contributed by atoms with Crippen molar-refractivity contribution in [1.29, 1.82) is 0 Å². The summed E-state index contributed by atoms with van der Waals surface area (Å²) >= 11 is 0. The van der Waals surface area contributed by atoms with Crippen molar-refractivity contribution >= 4 is 0 Å². The van der Waals surface area contributed by atoms with Gasteiger partial charge in [-0.15, -0.1) is 0 Å². The first-order chi connectivity index (χ1) is 9.76. The monoisotopic (exact) mass is 272 g/mol. The molecule has 2 atom stereocenters. The maximum absolute atomic E-state index is 13.4. The Morgan fingerprint density at radius 2 is 1.85 bits per heavy atom. The first-order valence-corrected chi connectivity index (χ1v) is 7.15. The summed E-state index contributed by atoms with van der Waals surface area (Å²) in [7, 11) is 0. The van der Waals surface area contributed by atoms with E-state index in [2.05, 4.69) is 36.3 Å². The van der Waals surface area contributed by atoms with E-state index >= 15 is 0 Å². The van der Waals surface area contributed by atoms with E-state index in [4.69, 9.17) is 0 Å². The third kappa shape index (κ3) is 3.42. The molecule has 2 rings (SSSR count). The third-order valence-electron chi connectivity index (χ3n) is 3.58. The number of rotatable bonds is 6. The molecule has 0 saturated heterocycles. The Hall–Kier alpha value is -1.74.